The van der Waals surface area contributed by atoms with Gasteiger partial charge in [-0.25, -0.2) is 0 Å². The largest absolute Gasteiger partial charge is 0.411 e. The van der Waals surface area contributed by atoms with E-state index in [2.05, 4.69) is 5.32 Å². The Morgan fingerprint density at radius 2 is 1.70 bits per heavy atom. The molecule has 1 aromatic rings. The van der Waals surface area contributed by atoms with Gasteiger partial charge in [0.2, 0.25) is 11.8 Å². The van der Waals surface area contributed by atoms with E-state index in [9.17, 15) is 22.8 Å². The predicted molar refractivity (Wildman–Crippen MR) is 109 cm³/mol. The predicted octanol–water partition coefficient (Wildman–Crippen LogP) is 4.40. The van der Waals surface area contributed by atoms with Gasteiger partial charge in [0.05, 0.1) is 0 Å². The molecule has 0 aromatic heterocycles. The van der Waals surface area contributed by atoms with Crippen LogP contribution in [0.5, 0.6) is 0 Å². The fourth-order valence-electron chi connectivity index (χ4n) is 3.95. The van der Waals surface area contributed by atoms with Crippen LogP contribution in [0.4, 0.5) is 13.2 Å². The minimum Gasteiger partial charge on any atom is -0.341 e. The van der Waals surface area contributed by atoms with Crippen LogP contribution < -0.4 is 5.32 Å². The molecule has 30 heavy (non-hydrogen) atoms. The summed E-state index contributed by atoms with van der Waals surface area (Å²) in [5.41, 5.74) is -0.293. The number of carbonyl (C=O) groups is 2. The summed E-state index contributed by atoms with van der Waals surface area (Å²) < 4.78 is 39.5. The molecule has 1 fully saturated rings. The SMILES string of the molecule is CC(C)(C)C(=O)N1CCc2cc(CC(C)(C)C(=O)NC3(C(F)(F)F)CC3)ccc2C1. The Bertz CT molecular complexity index is 849. The van der Waals surface area contributed by atoms with Crippen molar-refractivity contribution in [3.05, 3.63) is 34.9 Å². The molecule has 166 valence electrons. The first kappa shape index (κ1) is 22.6. The lowest BCUT2D eigenvalue weighted by molar-refractivity contribution is -0.172. The van der Waals surface area contributed by atoms with E-state index < -0.39 is 28.5 Å². The van der Waals surface area contributed by atoms with E-state index in [0.29, 0.717) is 19.5 Å². The molecule has 1 saturated carbocycles. The van der Waals surface area contributed by atoms with Crippen molar-refractivity contribution in [1.82, 2.24) is 10.2 Å². The van der Waals surface area contributed by atoms with Crippen molar-refractivity contribution in [2.24, 2.45) is 10.8 Å². The number of fused-ring (bicyclic) bond motifs is 1. The first-order valence-electron chi connectivity index (χ1n) is 10.4. The second-order valence-electron chi connectivity index (χ2n) is 10.4. The maximum atomic E-state index is 13.2. The molecule has 1 aromatic carbocycles. The molecule has 0 saturated heterocycles. The van der Waals surface area contributed by atoms with Crippen LogP contribution in [0.2, 0.25) is 0 Å². The summed E-state index contributed by atoms with van der Waals surface area (Å²) in [7, 11) is 0. The number of benzene rings is 1. The van der Waals surface area contributed by atoms with Crippen LogP contribution in [0.3, 0.4) is 0 Å². The second kappa shape index (κ2) is 7.27. The van der Waals surface area contributed by atoms with E-state index in [-0.39, 0.29) is 18.7 Å². The number of halogens is 3. The van der Waals surface area contributed by atoms with Gasteiger partial charge in [-0.1, -0.05) is 52.8 Å². The molecule has 0 spiro atoms. The molecule has 3 rings (SSSR count). The summed E-state index contributed by atoms with van der Waals surface area (Å²) in [5.74, 6) is -0.453. The van der Waals surface area contributed by atoms with Gasteiger partial charge >= 0.3 is 6.18 Å². The lowest BCUT2D eigenvalue weighted by Gasteiger charge is -2.34. The van der Waals surface area contributed by atoms with Gasteiger partial charge in [-0.3, -0.25) is 9.59 Å². The van der Waals surface area contributed by atoms with Crippen molar-refractivity contribution >= 4 is 11.8 Å². The maximum absolute atomic E-state index is 13.2. The number of alkyl halides is 3. The summed E-state index contributed by atoms with van der Waals surface area (Å²) in [4.78, 5) is 27.0. The average Bonchev–Trinajstić information content (AvgIpc) is 3.40. The summed E-state index contributed by atoms with van der Waals surface area (Å²) in [6.45, 7) is 10.3. The highest BCUT2D eigenvalue weighted by Gasteiger charge is 2.64. The Kier molecular flexibility index (Phi) is 5.49. The Labute approximate surface area is 176 Å². The molecular formula is C23H31F3N2O2. The van der Waals surface area contributed by atoms with Gasteiger partial charge in [-0.05, 0) is 42.4 Å². The number of nitrogens with one attached hydrogen (secondary N) is 1. The van der Waals surface area contributed by atoms with E-state index in [4.69, 9.17) is 0 Å². The monoisotopic (exact) mass is 424 g/mol. The highest BCUT2D eigenvalue weighted by atomic mass is 19.4. The summed E-state index contributed by atoms with van der Waals surface area (Å²) in [5, 5.41) is 2.25. The quantitative estimate of drug-likeness (QED) is 0.779. The zero-order valence-electron chi connectivity index (χ0n) is 18.4. The normalized spacial score (nSPS) is 18.6. The van der Waals surface area contributed by atoms with Crippen LogP contribution >= 0.6 is 0 Å². The van der Waals surface area contributed by atoms with Crippen LogP contribution in [-0.4, -0.2) is 35.0 Å². The number of nitrogens with zero attached hydrogens (tertiary/aromatic N) is 1. The van der Waals surface area contributed by atoms with Gasteiger partial charge in [0.25, 0.3) is 0 Å². The second-order valence-corrected chi connectivity index (χ2v) is 10.4. The van der Waals surface area contributed by atoms with Crippen molar-refractivity contribution in [1.29, 1.82) is 0 Å². The van der Waals surface area contributed by atoms with Crippen molar-refractivity contribution < 1.29 is 22.8 Å². The first-order chi connectivity index (χ1) is 13.6. The van der Waals surface area contributed by atoms with Crippen LogP contribution in [-0.2, 0) is 29.0 Å². The van der Waals surface area contributed by atoms with Gasteiger partial charge in [0.15, 0.2) is 0 Å². The number of hydrogen-bond acceptors (Lipinski definition) is 2. The van der Waals surface area contributed by atoms with Crippen molar-refractivity contribution in [3.63, 3.8) is 0 Å². The van der Waals surface area contributed by atoms with Gasteiger partial charge < -0.3 is 10.2 Å². The number of carbonyl (C=O) groups excluding carboxylic acids is 2. The third-order valence-electron chi connectivity index (χ3n) is 6.12. The highest BCUT2D eigenvalue weighted by molar-refractivity contribution is 5.83. The molecule has 1 aliphatic heterocycles. The zero-order valence-corrected chi connectivity index (χ0v) is 18.4. The van der Waals surface area contributed by atoms with Crippen LogP contribution in [0.1, 0.15) is 64.2 Å². The standard InChI is InChI=1S/C23H31F3N2O2/c1-20(2,3)19(30)28-11-8-16-12-15(6-7-17(16)14-28)13-21(4,5)18(29)27-22(9-10-22)23(24,25)26/h6-7,12H,8-11,13-14H2,1-5H3,(H,27,29). The smallest absolute Gasteiger partial charge is 0.341 e. The summed E-state index contributed by atoms with van der Waals surface area (Å²) in [6.07, 6.45) is -3.44. The molecule has 0 atom stereocenters. The molecule has 0 unspecified atom stereocenters. The van der Waals surface area contributed by atoms with Crippen molar-refractivity contribution in [2.45, 2.75) is 78.6 Å². The van der Waals surface area contributed by atoms with E-state index >= 15 is 0 Å². The molecule has 4 nitrogen and oxygen atoms in total. The lowest BCUT2D eigenvalue weighted by atomic mass is 9.83. The number of rotatable bonds is 4. The van der Waals surface area contributed by atoms with Crippen molar-refractivity contribution in [3.8, 4) is 0 Å². The van der Waals surface area contributed by atoms with Gasteiger partial charge in [0, 0.05) is 23.9 Å². The topological polar surface area (TPSA) is 49.4 Å². The van der Waals surface area contributed by atoms with Crippen LogP contribution in [0, 0.1) is 10.8 Å². The lowest BCUT2D eigenvalue weighted by Crippen LogP contribution is -2.52. The van der Waals surface area contributed by atoms with Gasteiger partial charge in [0.1, 0.15) is 5.54 Å². The Morgan fingerprint density at radius 3 is 2.23 bits per heavy atom. The van der Waals surface area contributed by atoms with E-state index in [1.165, 1.54) is 0 Å². The molecular weight excluding hydrogens is 393 g/mol. The fraction of sp³-hybridized carbons (Fsp3) is 0.652. The fourth-order valence-corrected chi connectivity index (χ4v) is 3.95. The maximum Gasteiger partial charge on any atom is 0.411 e. The minimum atomic E-state index is -4.42. The van der Waals surface area contributed by atoms with Crippen LogP contribution in [0.25, 0.3) is 0 Å². The van der Waals surface area contributed by atoms with E-state index in [1.54, 1.807) is 13.8 Å². The van der Waals surface area contributed by atoms with Gasteiger partial charge in [-0.15, -0.1) is 0 Å². The summed E-state index contributed by atoms with van der Waals surface area (Å²) >= 11 is 0. The van der Waals surface area contributed by atoms with E-state index in [1.807, 2.05) is 43.9 Å². The van der Waals surface area contributed by atoms with E-state index in [0.717, 1.165) is 23.1 Å². The molecule has 1 N–H and O–H groups in total. The Balaban J connectivity index is 1.68. The van der Waals surface area contributed by atoms with Crippen LogP contribution in [0.15, 0.2) is 18.2 Å². The highest BCUT2D eigenvalue weighted by Crippen LogP contribution is 2.49. The van der Waals surface area contributed by atoms with Crippen molar-refractivity contribution in [2.75, 3.05) is 6.54 Å². The Morgan fingerprint density at radius 1 is 1.07 bits per heavy atom. The third-order valence-corrected chi connectivity index (χ3v) is 6.12. The molecule has 2 amide bonds. The minimum absolute atomic E-state index is 0.0546. The first-order valence-corrected chi connectivity index (χ1v) is 10.4. The molecule has 7 heteroatoms. The molecule has 1 aliphatic carbocycles. The zero-order chi connectivity index (χ0) is 22.5. The molecule has 0 radical (unpaired) electrons. The summed E-state index contributed by atoms with van der Waals surface area (Å²) in [6, 6.07) is 5.91. The molecule has 2 aliphatic rings. The molecule has 1 heterocycles. The van der Waals surface area contributed by atoms with Gasteiger partial charge in [-0.2, -0.15) is 13.2 Å². The Hall–Kier alpha value is -2.05. The molecule has 0 bridgehead atoms. The number of hydrogen-bond donors (Lipinski definition) is 1. The average molecular weight is 425 g/mol. The number of amides is 2. The third kappa shape index (κ3) is 4.49.